The minimum Gasteiger partial charge on any atom is -0.382 e. The van der Waals surface area contributed by atoms with Crippen molar-refractivity contribution in [2.45, 2.75) is 26.4 Å². The molecule has 5 rings (SSSR count). The van der Waals surface area contributed by atoms with Crippen LogP contribution in [0.2, 0.25) is 0 Å². The average molecular weight is 523 g/mol. The fourth-order valence-corrected chi connectivity index (χ4v) is 3.95. The molecule has 0 radical (unpaired) electrons. The number of carbonyl (C=O) groups is 1. The number of nitrogens with one attached hydrogen (secondary N) is 3. The van der Waals surface area contributed by atoms with E-state index in [1.807, 2.05) is 30.3 Å². The third kappa shape index (κ3) is 5.33. The van der Waals surface area contributed by atoms with E-state index in [1.165, 1.54) is 12.3 Å². The zero-order chi connectivity index (χ0) is 27.5. The molecule has 0 bridgehead atoms. The number of nitrogens with two attached hydrogens (primary N) is 1. The van der Waals surface area contributed by atoms with Crippen LogP contribution in [0.3, 0.4) is 0 Å². The van der Waals surface area contributed by atoms with E-state index in [2.05, 4.69) is 40.8 Å². The van der Waals surface area contributed by atoms with Gasteiger partial charge in [-0.25, -0.2) is 24.3 Å². The van der Waals surface area contributed by atoms with Crippen LogP contribution in [-0.2, 0) is 6.54 Å². The molecule has 194 valence electrons. The normalized spacial score (nSPS) is 11.6. The fraction of sp³-hybridized carbons (Fsp3) is 0.148. The molecule has 11 nitrogen and oxygen atoms in total. The number of nitrogen functional groups attached to an aromatic ring is 1. The zero-order valence-electron chi connectivity index (χ0n) is 21.0. The summed E-state index contributed by atoms with van der Waals surface area (Å²) in [5.74, 6) is -0.254. The van der Waals surface area contributed by atoms with Crippen molar-refractivity contribution in [2.75, 3.05) is 11.1 Å². The minimum absolute atomic E-state index is 0.0108. The highest BCUT2D eigenvalue weighted by molar-refractivity contribution is 5.97. The van der Waals surface area contributed by atoms with Crippen LogP contribution >= 0.6 is 0 Å². The Labute approximate surface area is 222 Å². The van der Waals surface area contributed by atoms with Gasteiger partial charge in [-0.1, -0.05) is 36.4 Å². The molecule has 3 heterocycles. The van der Waals surface area contributed by atoms with Crippen molar-refractivity contribution in [3.05, 3.63) is 88.8 Å². The number of anilines is 2. The molecule has 5 N–H and O–H groups in total. The van der Waals surface area contributed by atoms with Crippen LogP contribution in [0.5, 0.6) is 0 Å². The molecular weight excluding hydrogens is 499 g/mol. The summed E-state index contributed by atoms with van der Waals surface area (Å²) in [5, 5.41) is 21.9. The lowest BCUT2D eigenvalue weighted by Gasteiger charge is -2.16. The predicted molar refractivity (Wildman–Crippen MR) is 143 cm³/mol. The van der Waals surface area contributed by atoms with Gasteiger partial charge in [0, 0.05) is 12.1 Å². The van der Waals surface area contributed by atoms with Gasteiger partial charge in [0.15, 0.2) is 22.7 Å². The van der Waals surface area contributed by atoms with E-state index in [0.29, 0.717) is 34.8 Å². The van der Waals surface area contributed by atoms with Crippen molar-refractivity contribution < 1.29 is 9.18 Å². The van der Waals surface area contributed by atoms with Crippen LogP contribution in [-0.4, -0.2) is 36.0 Å². The van der Waals surface area contributed by atoms with E-state index < -0.39 is 11.9 Å². The van der Waals surface area contributed by atoms with Crippen LogP contribution in [0.1, 0.15) is 45.8 Å². The van der Waals surface area contributed by atoms with E-state index in [1.54, 1.807) is 32.2 Å². The molecule has 5 aromatic rings. The number of aryl methyl sites for hydroxylation is 1. The molecule has 0 spiro atoms. The molecule has 0 saturated carbocycles. The van der Waals surface area contributed by atoms with E-state index in [0.717, 1.165) is 16.7 Å². The Kier molecular flexibility index (Phi) is 6.79. The summed E-state index contributed by atoms with van der Waals surface area (Å²) in [6.45, 7) is 3.78. The first-order chi connectivity index (χ1) is 18.8. The standard InChI is InChI=1S/C27H23FN10O/c1-14-9-18(7-8-20(14)28)15(2)34-27(39)23-25(32-12-19(10-29)35-23)31-11-16-3-5-17(6-4-16)21-13-33-26-22(36-21)24(30)37-38-26/h3-9,12-13,15H,11H2,1-2H3,(H,31,32)(H,34,39)(H3,30,33,37,38)/t15-/m0/s1. The highest BCUT2D eigenvalue weighted by atomic mass is 19.1. The van der Waals surface area contributed by atoms with Crippen LogP contribution in [0, 0.1) is 24.1 Å². The highest BCUT2D eigenvalue weighted by Gasteiger charge is 2.19. The monoisotopic (exact) mass is 522 g/mol. The summed E-state index contributed by atoms with van der Waals surface area (Å²) in [7, 11) is 0. The summed E-state index contributed by atoms with van der Waals surface area (Å²) >= 11 is 0. The van der Waals surface area contributed by atoms with Gasteiger partial charge < -0.3 is 16.4 Å². The number of halogens is 1. The third-order valence-corrected chi connectivity index (χ3v) is 6.13. The number of carbonyl (C=O) groups excluding carboxylic acids is 1. The van der Waals surface area contributed by atoms with Crippen LogP contribution in [0.4, 0.5) is 16.0 Å². The van der Waals surface area contributed by atoms with Crippen molar-refractivity contribution in [1.82, 2.24) is 35.5 Å². The van der Waals surface area contributed by atoms with E-state index in [9.17, 15) is 14.4 Å². The molecule has 39 heavy (non-hydrogen) atoms. The van der Waals surface area contributed by atoms with Gasteiger partial charge in [-0.15, -0.1) is 0 Å². The Balaban J connectivity index is 1.31. The third-order valence-electron chi connectivity index (χ3n) is 6.13. The Morgan fingerprint density at radius 1 is 1.15 bits per heavy atom. The molecule has 0 aliphatic carbocycles. The van der Waals surface area contributed by atoms with Crippen molar-refractivity contribution in [2.24, 2.45) is 0 Å². The number of benzene rings is 2. The molecule has 0 unspecified atom stereocenters. The molecule has 3 aromatic heterocycles. The Hall–Kier alpha value is -5.44. The van der Waals surface area contributed by atoms with Gasteiger partial charge in [0.05, 0.1) is 24.1 Å². The number of rotatable bonds is 7. The molecule has 0 saturated heterocycles. The van der Waals surface area contributed by atoms with Gasteiger partial charge in [0.25, 0.3) is 5.91 Å². The summed E-state index contributed by atoms with van der Waals surface area (Å²) in [4.78, 5) is 30.3. The summed E-state index contributed by atoms with van der Waals surface area (Å²) in [6, 6.07) is 13.7. The van der Waals surface area contributed by atoms with E-state index in [4.69, 9.17) is 5.73 Å². The van der Waals surface area contributed by atoms with Gasteiger partial charge >= 0.3 is 0 Å². The van der Waals surface area contributed by atoms with Gasteiger partial charge in [0.1, 0.15) is 17.7 Å². The van der Waals surface area contributed by atoms with Crippen LogP contribution in [0.15, 0.2) is 54.9 Å². The van der Waals surface area contributed by atoms with Crippen molar-refractivity contribution in [3.63, 3.8) is 0 Å². The lowest BCUT2D eigenvalue weighted by molar-refractivity contribution is 0.0935. The number of nitrogens with zero attached hydrogens (tertiary/aromatic N) is 6. The lowest BCUT2D eigenvalue weighted by atomic mass is 10.1. The van der Waals surface area contributed by atoms with E-state index in [-0.39, 0.29) is 23.0 Å². The minimum atomic E-state index is -0.514. The second kappa shape index (κ2) is 10.5. The number of aromatic nitrogens is 6. The second-order valence-corrected chi connectivity index (χ2v) is 8.88. The SMILES string of the molecule is Cc1cc([C@H](C)NC(=O)c2nc(C#N)cnc2NCc2ccc(-c3cnc4n[nH]c(N)c4n3)cc2)ccc1F. The Morgan fingerprint density at radius 2 is 1.95 bits per heavy atom. The van der Waals surface area contributed by atoms with Crippen molar-refractivity contribution >= 4 is 28.7 Å². The number of fused-ring (bicyclic) bond motifs is 1. The van der Waals surface area contributed by atoms with Gasteiger partial charge in [-0.05, 0) is 36.6 Å². The van der Waals surface area contributed by atoms with Crippen LogP contribution < -0.4 is 16.4 Å². The first kappa shape index (κ1) is 25.2. The predicted octanol–water partition coefficient (Wildman–Crippen LogP) is 3.81. The number of aromatic amines is 1. The summed E-state index contributed by atoms with van der Waals surface area (Å²) < 4.78 is 13.7. The van der Waals surface area contributed by atoms with E-state index >= 15 is 0 Å². The average Bonchev–Trinajstić information content (AvgIpc) is 3.33. The largest absolute Gasteiger partial charge is 0.382 e. The number of hydrogen-bond acceptors (Lipinski definition) is 9. The number of nitriles is 1. The first-order valence-electron chi connectivity index (χ1n) is 12.0. The number of H-pyrrole nitrogens is 1. The Bertz CT molecular complexity index is 1730. The number of amides is 1. The van der Waals surface area contributed by atoms with Gasteiger partial charge in [0.2, 0.25) is 5.65 Å². The molecule has 1 atom stereocenters. The highest BCUT2D eigenvalue weighted by Crippen LogP contribution is 2.22. The molecule has 0 aliphatic heterocycles. The maximum absolute atomic E-state index is 13.7. The van der Waals surface area contributed by atoms with Gasteiger partial charge in [-0.2, -0.15) is 10.4 Å². The summed E-state index contributed by atoms with van der Waals surface area (Å²) in [5.41, 5.74) is 10.4. The fourth-order valence-electron chi connectivity index (χ4n) is 3.95. The summed E-state index contributed by atoms with van der Waals surface area (Å²) in [6.07, 6.45) is 2.92. The van der Waals surface area contributed by atoms with Crippen LogP contribution in [0.25, 0.3) is 22.4 Å². The molecular formula is C27H23FN10O. The first-order valence-corrected chi connectivity index (χ1v) is 12.0. The molecule has 1 amide bonds. The number of hydrogen-bond donors (Lipinski definition) is 4. The second-order valence-electron chi connectivity index (χ2n) is 8.88. The smallest absolute Gasteiger partial charge is 0.274 e. The zero-order valence-corrected chi connectivity index (χ0v) is 21.0. The molecule has 2 aromatic carbocycles. The molecule has 12 heteroatoms. The Morgan fingerprint density at radius 3 is 2.69 bits per heavy atom. The molecule has 0 fully saturated rings. The topological polar surface area (TPSA) is 171 Å². The maximum atomic E-state index is 13.7. The molecule has 0 aliphatic rings. The lowest BCUT2D eigenvalue weighted by Crippen LogP contribution is -2.29. The quantitative estimate of drug-likeness (QED) is 0.248. The van der Waals surface area contributed by atoms with Crippen molar-refractivity contribution in [3.8, 4) is 17.3 Å². The van der Waals surface area contributed by atoms with Crippen molar-refractivity contribution in [1.29, 1.82) is 5.26 Å². The maximum Gasteiger partial charge on any atom is 0.274 e. The van der Waals surface area contributed by atoms with Gasteiger partial charge in [-0.3, -0.25) is 9.89 Å².